The number of ether oxygens (including phenoxy) is 1. The van der Waals surface area contributed by atoms with Crippen molar-refractivity contribution in [2.75, 3.05) is 19.7 Å². The first-order chi connectivity index (χ1) is 10.8. The third-order valence-corrected chi connectivity index (χ3v) is 4.84. The van der Waals surface area contributed by atoms with Crippen molar-refractivity contribution in [1.82, 2.24) is 4.90 Å². The molecule has 2 aliphatic rings. The van der Waals surface area contributed by atoms with Gasteiger partial charge in [-0.2, -0.15) is 13.2 Å². The van der Waals surface area contributed by atoms with E-state index in [1.807, 2.05) is 0 Å². The quantitative estimate of drug-likeness (QED) is 0.854. The molecule has 1 aromatic carbocycles. The smallest absolute Gasteiger partial charge is 0.416 e. The molecule has 4 nitrogen and oxygen atoms in total. The minimum atomic E-state index is -4.35. The van der Waals surface area contributed by atoms with Gasteiger partial charge in [0, 0.05) is 19.0 Å². The minimum Gasteiger partial charge on any atom is -0.465 e. The Hall–Kier alpha value is -1.76. The molecule has 0 aromatic heterocycles. The van der Waals surface area contributed by atoms with Crippen LogP contribution in [0.2, 0.25) is 0 Å². The average molecular weight is 329 g/mol. The molecule has 0 unspecified atom stereocenters. The highest BCUT2D eigenvalue weighted by atomic mass is 19.4. The summed E-state index contributed by atoms with van der Waals surface area (Å²) >= 11 is 0. The standard InChI is InChI=1S/C16H18F3NO3/c17-16(18,19)13-3-1-2-11(8-13)12-9-15(23-10-12)4-6-20(7-5-15)14(21)22/h1-3,8,12H,4-7,9-10H2,(H,21,22)/t12-/m1/s1. The summed E-state index contributed by atoms with van der Waals surface area (Å²) in [6, 6.07) is 5.39. The molecule has 1 amide bonds. The Balaban J connectivity index is 1.70. The SMILES string of the molecule is O=C(O)N1CCC2(CC1)C[C@@H](c1cccc(C(F)(F)F)c1)CO2. The molecule has 2 saturated heterocycles. The number of halogens is 3. The number of amides is 1. The molecule has 2 heterocycles. The van der Waals surface area contributed by atoms with Gasteiger partial charge in [-0.05, 0) is 30.9 Å². The van der Waals surface area contributed by atoms with Crippen molar-refractivity contribution in [3.8, 4) is 0 Å². The Bertz CT molecular complexity index is 594. The molecule has 0 saturated carbocycles. The number of piperidine rings is 1. The monoisotopic (exact) mass is 329 g/mol. The van der Waals surface area contributed by atoms with E-state index in [1.54, 1.807) is 6.07 Å². The molecule has 0 bridgehead atoms. The van der Waals surface area contributed by atoms with E-state index in [4.69, 9.17) is 9.84 Å². The fraction of sp³-hybridized carbons (Fsp3) is 0.562. The van der Waals surface area contributed by atoms with Crippen LogP contribution in [0.25, 0.3) is 0 Å². The van der Waals surface area contributed by atoms with Crippen LogP contribution < -0.4 is 0 Å². The van der Waals surface area contributed by atoms with Crippen LogP contribution >= 0.6 is 0 Å². The number of benzene rings is 1. The topological polar surface area (TPSA) is 49.8 Å². The number of nitrogens with zero attached hydrogens (tertiary/aromatic N) is 1. The second-order valence-corrected chi connectivity index (χ2v) is 6.29. The van der Waals surface area contributed by atoms with Gasteiger partial charge < -0.3 is 14.7 Å². The number of hydrogen-bond acceptors (Lipinski definition) is 2. The summed E-state index contributed by atoms with van der Waals surface area (Å²) in [5.41, 5.74) is -0.404. The molecule has 1 atom stereocenters. The molecule has 3 rings (SSSR count). The molecule has 1 spiro atoms. The summed E-state index contributed by atoms with van der Waals surface area (Å²) < 4.78 is 44.4. The first-order valence-electron chi connectivity index (χ1n) is 7.58. The lowest BCUT2D eigenvalue weighted by Crippen LogP contribution is -2.45. The van der Waals surface area contributed by atoms with Gasteiger partial charge in [0.05, 0.1) is 17.8 Å². The first kappa shape index (κ1) is 16.1. The molecule has 0 aliphatic carbocycles. The second-order valence-electron chi connectivity index (χ2n) is 6.29. The van der Waals surface area contributed by atoms with Gasteiger partial charge >= 0.3 is 12.3 Å². The Morgan fingerprint density at radius 3 is 2.61 bits per heavy atom. The van der Waals surface area contributed by atoms with E-state index >= 15 is 0 Å². The zero-order chi connectivity index (χ0) is 16.7. The lowest BCUT2D eigenvalue weighted by atomic mass is 9.83. The summed E-state index contributed by atoms with van der Waals surface area (Å²) in [7, 11) is 0. The molecule has 2 aliphatic heterocycles. The highest BCUT2D eigenvalue weighted by Crippen LogP contribution is 2.43. The van der Waals surface area contributed by atoms with Gasteiger partial charge in [0.1, 0.15) is 0 Å². The van der Waals surface area contributed by atoms with Crippen LogP contribution in [-0.4, -0.2) is 41.4 Å². The molecule has 7 heteroatoms. The maximum absolute atomic E-state index is 12.8. The van der Waals surface area contributed by atoms with Crippen molar-refractivity contribution < 1.29 is 27.8 Å². The largest absolute Gasteiger partial charge is 0.465 e. The van der Waals surface area contributed by atoms with Gasteiger partial charge in [0.2, 0.25) is 0 Å². The van der Waals surface area contributed by atoms with Crippen LogP contribution in [0.3, 0.4) is 0 Å². The first-order valence-corrected chi connectivity index (χ1v) is 7.58. The number of rotatable bonds is 1. The number of carbonyl (C=O) groups is 1. The molecule has 1 N–H and O–H groups in total. The van der Waals surface area contributed by atoms with Crippen molar-refractivity contribution in [3.63, 3.8) is 0 Å². The fourth-order valence-electron chi connectivity index (χ4n) is 3.48. The molecule has 0 radical (unpaired) electrons. The van der Waals surface area contributed by atoms with Gasteiger partial charge in [-0.25, -0.2) is 4.79 Å². The highest BCUT2D eigenvalue weighted by molar-refractivity contribution is 5.65. The van der Waals surface area contributed by atoms with Crippen LogP contribution in [0.15, 0.2) is 24.3 Å². The molecule has 23 heavy (non-hydrogen) atoms. The van der Waals surface area contributed by atoms with Crippen molar-refractivity contribution in [2.45, 2.75) is 37.0 Å². The van der Waals surface area contributed by atoms with E-state index in [0.717, 1.165) is 6.07 Å². The zero-order valence-electron chi connectivity index (χ0n) is 12.5. The molecule has 126 valence electrons. The highest BCUT2D eigenvalue weighted by Gasteiger charge is 2.44. The maximum atomic E-state index is 12.8. The van der Waals surface area contributed by atoms with Crippen molar-refractivity contribution in [3.05, 3.63) is 35.4 Å². The second kappa shape index (κ2) is 5.70. The van der Waals surface area contributed by atoms with E-state index in [1.165, 1.54) is 17.0 Å². The summed E-state index contributed by atoms with van der Waals surface area (Å²) in [5, 5.41) is 8.98. The van der Waals surface area contributed by atoms with Gasteiger partial charge in [-0.3, -0.25) is 0 Å². The van der Waals surface area contributed by atoms with Gasteiger partial charge in [0.25, 0.3) is 0 Å². The number of carboxylic acid groups (broad SMARTS) is 1. The minimum absolute atomic E-state index is 0.0753. The number of likely N-dealkylation sites (tertiary alicyclic amines) is 1. The Morgan fingerprint density at radius 2 is 2.00 bits per heavy atom. The summed E-state index contributed by atoms with van der Waals surface area (Å²) in [6.45, 7) is 1.20. The van der Waals surface area contributed by atoms with Crippen molar-refractivity contribution >= 4 is 6.09 Å². The Labute approximate surface area is 131 Å². The normalized spacial score (nSPS) is 24.1. The predicted octanol–water partition coefficient (Wildman–Crippen LogP) is 3.72. The Kier molecular flexibility index (Phi) is 4.00. The van der Waals surface area contributed by atoms with Crippen LogP contribution in [0.5, 0.6) is 0 Å². The molecular weight excluding hydrogens is 311 g/mol. The fourth-order valence-corrected chi connectivity index (χ4v) is 3.48. The van der Waals surface area contributed by atoms with Gasteiger partial charge in [-0.1, -0.05) is 18.2 Å². The summed E-state index contributed by atoms with van der Waals surface area (Å²) in [4.78, 5) is 12.3. The lowest BCUT2D eigenvalue weighted by molar-refractivity contribution is -0.137. The summed E-state index contributed by atoms with van der Waals surface area (Å²) in [5.74, 6) is -0.0753. The van der Waals surface area contributed by atoms with E-state index in [9.17, 15) is 18.0 Å². The number of alkyl halides is 3. The lowest BCUT2D eigenvalue weighted by Gasteiger charge is -2.37. The van der Waals surface area contributed by atoms with Crippen LogP contribution in [0.4, 0.5) is 18.0 Å². The molecular formula is C16H18F3NO3. The molecule has 2 fully saturated rings. The van der Waals surface area contributed by atoms with E-state index < -0.39 is 23.4 Å². The molecule has 1 aromatic rings. The average Bonchev–Trinajstić information content (AvgIpc) is 2.91. The Morgan fingerprint density at radius 1 is 1.30 bits per heavy atom. The third-order valence-electron chi connectivity index (χ3n) is 4.84. The summed E-state index contributed by atoms with van der Waals surface area (Å²) in [6.07, 6.45) is -3.46. The van der Waals surface area contributed by atoms with E-state index in [2.05, 4.69) is 0 Å². The van der Waals surface area contributed by atoms with Crippen LogP contribution in [0.1, 0.15) is 36.3 Å². The van der Waals surface area contributed by atoms with Gasteiger partial charge in [0.15, 0.2) is 0 Å². The van der Waals surface area contributed by atoms with Crippen LogP contribution in [0, 0.1) is 0 Å². The zero-order valence-corrected chi connectivity index (χ0v) is 12.5. The van der Waals surface area contributed by atoms with E-state index in [-0.39, 0.29) is 5.92 Å². The third kappa shape index (κ3) is 3.29. The predicted molar refractivity (Wildman–Crippen MR) is 76.3 cm³/mol. The van der Waals surface area contributed by atoms with Gasteiger partial charge in [-0.15, -0.1) is 0 Å². The van der Waals surface area contributed by atoms with Crippen molar-refractivity contribution in [2.24, 2.45) is 0 Å². The van der Waals surface area contributed by atoms with Crippen molar-refractivity contribution in [1.29, 1.82) is 0 Å². The maximum Gasteiger partial charge on any atom is 0.416 e. The van der Waals surface area contributed by atoms with E-state index in [0.29, 0.717) is 44.5 Å². The number of hydrogen-bond donors (Lipinski definition) is 1. The van der Waals surface area contributed by atoms with Crippen LogP contribution in [-0.2, 0) is 10.9 Å².